The molecule has 2 aliphatic rings. The van der Waals surface area contributed by atoms with Gasteiger partial charge in [0.25, 0.3) is 11.5 Å². The number of amides is 1. The molecule has 160 valence electrons. The molecule has 1 aliphatic heterocycles. The molecule has 31 heavy (non-hydrogen) atoms. The Morgan fingerprint density at radius 1 is 1.19 bits per heavy atom. The average Bonchev–Trinajstić information content (AvgIpc) is 3.54. The molecule has 2 fully saturated rings. The number of benzene rings is 1. The van der Waals surface area contributed by atoms with E-state index in [1.807, 2.05) is 0 Å². The van der Waals surface area contributed by atoms with Gasteiger partial charge in [0.1, 0.15) is 10.1 Å². The second-order valence-electron chi connectivity index (χ2n) is 7.48. The predicted molar refractivity (Wildman–Crippen MR) is 109 cm³/mol. The summed E-state index contributed by atoms with van der Waals surface area (Å²) in [4.78, 5) is 30.8. The zero-order chi connectivity index (χ0) is 21.9. The molecule has 5 rings (SSSR count). The minimum Gasteiger partial charge on any atom is -0.374 e. The summed E-state index contributed by atoms with van der Waals surface area (Å²) in [6.07, 6.45) is -2.45. The van der Waals surface area contributed by atoms with Crippen molar-refractivity contribution in [3.05, 3.63) is 68.7 Å². The second kappa shape index (κ2) is 7.16. The monoisotopic (exact) mass is 493 g/mol. The molecule has 3 aromatic rings. The first kappa shape index (κ1) is 20.2. The van der Waals surface area contributed by atoms with Gasteiger partial charge in [0.2, 0.25) is 0 Å². The highest BCUT2D eigenvalue weighted by Gasteiger charge is 2.47. The Labute approximate surface area is 182 Å². The number of carbonyl (C=O) groups excluding carboxylic acids is 1. The van der Waals surface area contributed by atoms with Crippen molar-refractivity contribution in [2.45, 2.75) is 24.7 Å². The molecular weight excluding hydrogens is 479 g/mol. The first-order valence-corrected chi connectivity index (χ1v) is 10.4. The van der Waals surface area contributed by atoms with Crippen LogP contribution in [-0.2, 0) is 10.9 Å². The van der Waals surface area contributed by atoms with Gasteiger partial charge in [-0.3, -0.25) is 14.0 Å². The molecule has 1 aromatic carbocycles. The Balaban J connectivity index is 1.54. The summed E-state index contributed by atoms with van der Waals surface area (Å²) >= 11 is 2.72. The molecular formula is C21H15BrF3N3O3. The van der Waals surface area contributed by atoms with E-state index in [2.05, 4.69) is 20.9 Å². The molecule has 10 heteroatoms. The van der Waals surface area contributed by atoms with E-state index in [9.17, 15) is 22.8 Å². The number of pyridine rings is 1. The molecule has 0 bridgehead atoms. The van der Waals surface area contributed by atoms with E-state index >= 15 is 0 Å². The van der Waals surface area contributed by atoms with Crippen LogP contribution in [0.5, 0.6) is 0 Å². The van der Waals surface area contributed by atoms with E-state index in [-0.39, 0.29) is 23.7 Å². The maximum absolute atomic E-state index is 13.4. The van der Waals surface area contributed by atoms with Crippen molar-refractivity contribution in [3.8, 4) is 11.1 Å². The number of carbonyl (C=O) groups is 1. The van der Waals surface area contributed by atoms with Gasteiger partial charge in [-0.2, -0.15) is 13.2 Å². The molecule has 2 atom stereocenters. The van der Waals surface area contributed by atoms with Crippen LogP contribution < -0.4 is 5.56 Å². The summed E-state index contributed by atoms with van der Waals surface area (Å²) < 4.78 is 46.0. The van der Waals surface area contributed by atoms with Crippen molar-refractivity contribution >= 4 is 27.5 Å². The molecule has 0 spiro atoms. The van der Waals surface area contributed by atoms with Gasteiger partial charge in [0.15, 0.2) is 5.69 Å². The lowest BCUT2D eigenvalue weighted by atomic mass is 10.0. The molecule has 1 saturated heterocycles. The van der Waals surface area contributed by atoms with Crippen LogP contribution in [0.25, 0.3) is 16.8 Å². The quantitative estimate of drug-likeness (QED) is 0.545. The first-order valence-electron chi connectivity index (χ1n) is 9.57. The highest BCUT2D eigenvalue weighted by atomic mass is 79.9. The summed E-state index contributed by atoms with van der Waals surface area (Å²) in [5, 5.41) is 0. The van der Waals surface area contributed by atoms with Crippen LogP contribution in [0.4, 0.5) is 13.2 Å². The molecule has 1 amide bonds. The number of rotatable bonds is 2. The van der Waals surface area contributed by atoms with Crippen LogP contribution in [0.15, 0.2) is 51.9 Å². The molecule has 1 aliphatic carbocycles. The minimum absolute atomic E-state index is 0.0992. The number of fused-ring (bicyclic) bond motifs is 2. The average molecular weight is 494 g/mol. The van der Waals surface area contributed by atoms with E-state index in [4.69, 9.17) is 4.74 Å². The third-order valence-electron chi connectivity index (χ3n) is 5.54. The summed E-state index contributed by atoms with van der Waals surface area (Å²) in [5.41, 5.74) is -0.856. The minimum atomic E-state index is -4.78. The smallest absolute Gasteiger partial charge is 0.374 e. The van der Waals surface area contributed by atoms with Crippen LogP contribution in [0.2, 0.25) is 0 Å². The Morgan fingerprint density at radius 2 is 1.94 bits per heavy atom. The lowest BCUT2D eigenvalue weighted by Crippen LogP contribution is -2.41. The van der Waals surface area contributed by atoms with Crippen molar-refractivity contribution in [2.24, 2.45) is 0 Å². The molecule has 1 saturated carbocycles. The fraction of sp³-hybridized carbons (Fsp3) is 0.286. The Kier molecular flexibility index (Phi) is 4.67. The van der Waals surface area contributed by atoms with Crippen molar-refractivity contribution in [1.82, 2.24) is 14.3 Å². The van der Waals surface area contributed by atoms with Crippen molar-refractivity contribution in [3.63, 3.8) is 0 Å². The van der Waals surface area contributed by atoms with E-state index in [0.29, 0.717) is 29.8 Å². The van der Waals surface area contributed by atoms with Gasteiger partial charge in [-0.1, -0.05) is 12.1 Å². The van der Waals surface area contributed by atoms with Gasteiger partial charge < -0.3 is 9.64 Å². The predicted octanol–water partition coefficient (Wildman–Crippen LogP) is 3.76. The van der Waals surface area contributed by atoms with E-state index in [0.717, 1.165) is 10.8 Å². The maximum Gasteiger partial charge on any atom is 0.434 e. The van der Waals surface area contributed by atoms with E-state index in [1.165, 1.54) is 6.20 Å². The molecule has 6 nitrogen and oxygen atoms in total. The van der Waals surface area contributed by atoms with Gasteiger partial charge >= 0.3 is 6.18 Å². The van der Waals surface area contributed by atoms with Crippen LogP contribution in [0, 0.1) is 0 Å². The Hall–Kier alpha value is -2.72. The Bertz CT molecular complexity index is 1260. The topological polar surface area (TPSA) is 63.9 Å². The molecule has 0 radical (unpaired) electrons. The van der Waals surface area contributed by atoms with Crippen LogP contribution >= 0.6 is 15.9 Å². The number of aromatic nitrogens is 2. The first-order chi connectivity index (χ1) is 14.8. The Morgan fingerprint density at radius 3 is 2.65 bits per heavy atom. The van der Waals surface area contributed by atoms with Gasteiger partial charge in [0.05, 0.1) is 18.8 Å². The van der Waals surface area contributed by atoms with Crippen LogP contribution in [0.3, 0.4) is 0 Å². The SMILES string of the molecule is O=C(c1ccc(-c2cccn3c(=O)c(Br)c(C(F)(F)F)nc23)cc1)N1CCOC2CC21. The summed E-state index contributed by atoms with van der Waals surface area (Å²) in [6.45, 7) is 1.05. The number of morpholine rings is 1. The number of halogens is 4. The fourth-order valence-corrected chi connectivity index (χ4v) is 4.40. The maximum atomic E-state index is 13.4. The highest BCUT2D eigenvalue weighted by Crippen LogP contribution is 2.36. The zero-order valence-electron chi connectivity index (χ0n) is 15.9. The molecule has 0 N–H and O–H groups in total. The second-order valence-corrected chi connectivity index (χ2v) is 8.27. The number of alkyl halides is 3. The molecule has 2 unspecified atom stereocenters. The summed E-state index contributed by atoms with van der Waals surface area (Å²) in [7, 11) is 0. The standard InChI is InChI=1S/C21H15BrF3N3O3/c22-16-17(21(23,24)25)26-18-13(2-1-7-28(18)20(16)30)11-3-5-12(6-4-11)19(29)27-8-9-31-15-10-14(15)27/h1-7,14-15H,8-10H2. The number of hydrogen-bond acceptors (Lipinski definition) is 4. The third kappa shape index (κ3) is 3.43. The normalized spacial score (nSPS) is 20.6. The van der Waals surface area contributed by atoms with E-state index in [1.54, 1.807) is 41.3 Å². The van der Waals surface area contributed by atoms with E-state index < -0.39 is 21.9 Å². The van der Waals surface area contributed by atoms with Crippen LogP contribution in [0.1, 0.15) is 22.5 Å². The molecule has 3 heterocycles. The summed E-state index contributed by atoms with van der Waals surface area (Å²) in [5.74, 6) is -0.0992. The van der Waals surface area contributed by atoms with Crippen molar-refractivity contribution < 1.29 is 22.7 Å². The molecule has 2 aromatic heterocycles. The number of nitrogens with zero attached hydrogens (tertiary/aromatic N) is 3. The van der Waals surface area contributed by atoms with Gasteiger partial charge in [-0.15, -0.1) is 0 Å². The third-order valence-corrected chi connectivity index (χ3v) is 6.25. The summed E-state index contributed by atoms with van der Waals surface area (Å²) in [6, 6.07) is 9.83. The van der Waals surface area contributed by atoms with Gasteiger partial charge in [0, 0.05) is 23.9 Å². The van der Waals surface area contributed by atoms with Crippen molar-refractivity contribution in [2.75, 3.05) is 13.2 Å². The lowest BCUT2D eigenvalue weighted by Gasteiger charge is -2.26. The van der Waals surface area contributed by atoms with Crippen LogP contribution in [-0.4, -0.2) is 45.5 Å². The largest absolute Gasteiger partial charge is 0.434 e. The zero-order valence-corrected chi connectivity index (χ0v) is 17.5. The number of ether oxygens (including phenoxy) is 1. The fourth-order valence-electron chi connectivity index (χ4n) is 3.90. The highest BCUT2D eigenvalue weighted by molar-refractivity contribution is 9.10. The van der Waals surface area contributed by atoms with Gasteiger partial charge in [-0.05, 0) is 52.2 Å². The van der Waals surface area contributed by atoms with Gasteiger partial charge in [-0.25, -0.2) is 4.98 Å². The lowest BCUT2D eigenvalue weighted by molar-refractivity contribution is -0.141. The van der Waals surface area contributed by atoms with Crippen molar-refractivity contribution in [1.29, 1.82) is 0 Å². The number of hydrogen-bond donors (Lipinski definition) is 0.